The molecule has 0 bridgehead atoms. The Hall–Kier alpha value is -3.35. The average molecular weight is 638 g/mol. The fourth-order valence-electron chi connectivity index (χ4n) is 8.77. The van der Waals surface area contributed by atoms with Gasteiger partial charge in [-0.05, 0) is 63.5 Å². The summed E-state index contributed by atoms with van der Waals surface area (Å²) in [7, 11) is 0. The first-order valence-corrected chi connectivity index (χ1v) is 15.8. The molecule has 0 amide bonds. The summed E-state index contributed by atoms with van der Waals surface area (Å²) in [6.07, 6.45) is 4.43. The third kappa shape index (κ3) is 5.88. The number of fused-ring (bicyclic) bond motifs is 5. The zero-order valence-corrected chi connectivity index (χ0v) is 26.4. The van der Waals surface area contributed by atoms with Crippen LogP contribution in [0.5, 0.6) is 0 Å². The highest BCUT2D eigenvalue weighted by Gasteiger charge is 2.77. The van der Waals surface area contributed by atoms with Gasteiger partial charge in [-0.3, -0.25) is 14.4 Å². The van der Waals surface area contributed by atoms with Crippen LogP contribution in [0.3, 0.4) is 0 Å². The molecule has 0 aromatic heterocycles. The van der Waals surface area contributed by atoms with Gasteiger partial charge >= 0.3 is 12.1 Å². The fourth-order valence-corrected chi connectivity index (χ4v) is 8.77. The van der Waals surface area contributed by atoms with Crippen LogP contribution >= 0.6 is 0 Å². The minimum Gasteiger partial charge on any atom is -0.450 e. The topological polar surface area (TPSA) is 169 Å². The number of hydrogen-bond acceptors (Lipinski definition) is 11. The van der Waals surface area contributed by atoms with Crippen LogP contribution in [0.2, 0.25) is 0 Å². The van der Waals surface area contributed by atoms with E-state index in [0.29, 0.717) is 24.8 Å². The number of esters is 1. The van der Waals surface area contributed by atoms with Crippen molar-refractivity contribution < 1.29 is 52.8 Å². The van der Waals surface area contributed by atoms with Crippen LogP contribution in [-0.2, 0) is 33.4 Å². The lowest BCUT2D eigenvalue weighted by Gasteiger charge is -2.62. The third-order valence-electron chi connectivity index (χ3n) is 10.9. The van der Waals surface area contributed by atoms with Crippen LogP contribution in [0, 0.1) is 38.7 Å². The molecule has 4 rings (SSSR count). The molecular weight excluding hydrogens is 593 g/mol. The molecule has 0 saturated heterocycles. The number of unbranched alkanes of at least 4 members (excludes halogenated alkanes) is 2. The number of carbonyl (C=O) groups excluding carboxylic acids is 4. The van der Waals surface area contributed by atoms with E-state index < -0.39 is 75.6 Å². The molecule has 0 radical (unpaired) electrons. The van der Waals surface area contributed by atoms with Crippen LogP contribution in [0.15, 0.2) is 23.8 Å². The predicted octanol–water partition coefficient (Wildman–Crippen LogP) is 4.79. The first kappa shape index (κ1) is 34.5. The maximum atomic E-state index is 17.6. The lowest BCUT2D eigenvalue weighted by Crippen LogP contribution is -2.70. The molecule has 2 unspecified atom stereocenters. The smallest absolute Gasteiger partial charge is 0.450 e. The number of aliphatic hydroxyl groups is 1. The number of ketones is 2. The Morgan fingerprint density at radius 2 is 1.87 bits per heavy atom. The maximum Gasteiger partial charge on any atom is 0.508 e. The van der Waals surface area contributed by atoms with Crippen LogP contribution in [0.4, 0.5) is 9.18 Å². The quantitative estimate of drug-likeness (QED) is 0.128. The number of alkyl halides is 1. The van der Waals surface area contributed by atoms with E-state index in [-0.39, 0.29) is 44.7 Å². The minimum absolute atomic E-state index is 0.0590. The number of halogens is 1. The molecule has 0 heterocycles. The minimum atomic E-state index is -2.17. The van der Waals surface area contributed by atoms with E-state index in [4.69, 9.17) is 14.2 Å². The second kappa shape index (κ2) is 13.2. The van der Waals surface area contributed by atoms with Crippen molar-refractivity contribution in [3.05, 3.63) is 33.9 Å². The van der Waals surface area contributed by atoms with E-state index in [0.717, 1.165) is 12.8 Å². The van der Waals surface area contributed by atoms with Gasteiger partial charge in [0.05, 0.1) is 19.3 Å². The van der Waals surface area contributed by atoms with Gasteiger partial charge in [-0.15, -0.1) is 10.1 Å². The number of nitrogens with zero attached hydrogens (tertiary/aromatic N) is 1. The number of ether oxygens (including phenoxy) is 3. The van der Waals surface area contributed by atoms with E-state index in [2.05, 4.69) is 4.84 Å². The molecule has 1 N–H and O–H groups in total. The van der Waals surface area contributed by atoms with Gasteiger partial charge in [0.25, 0.3) is 5.09 Å². The summed E-state index contributed by atoms with van der Waals surface area (Å²) in [5.41, 5.74) is -5.98. The van der Waals surface area contributed by atoms with E-state index >= 15 is 4.39 Å². The summed E-state index contributed by atoms with van der Waals surface area (Å²) >= 11 is 0. The predicted molar refractivity (Wildman–Crippen MR) is 156 cm³/mol. The summed E-state index contributed by atoms with van der Waals surface area (Å²) in [6.45, 7) is 6.09. The molecule has 12 nitrogen and oxygen atoms in total. The van der Waals surface area contributed by atoms with Gasteiger partial charge in [0, 0.05) is 29.1 Å². The Balaban J connectivity index is 1.65. The Bertz CT molecular complexity index is 1270. The van der Waals surface area contributed by atoms with E-state index in [1.807, 2.05) is 6.92 Å². The largest absolute Gasteiger partial charge is 0.508 e. The molecule has 4 aliphatic carbocycles. The molecule has 0 spiro atoms. The third-order valence-corrected chi connectivity index (χ3v) is 10.9. The number of rotatable bonds is 13. The zero-order chi connectivity index (χ0) is 33.2. The SMILES string of the molecule is CCCCCOC(=O)OCC(=O)[C@@]1(OC(=O)CCCO[N+](=O)[O-])[C@@H](C)CC2C3CCC4=CC(=O)C=C[C@]4(C)[C@@]3(F)[C@@H](O)C[C@@]21C. The highest BCUT2D eigenvalue weighted by Crippen LogP contribution is 2.71. The Morgan fingerprint density at radius 1 is 1.13 bits per heavy atom. The normalized spacial score (nSPS) is 36.6. The van der Waals surface area contributed by atoms with Crippen molar-refractivity contribution in [3.8, 4) is 0 Å². The first-order chi connectivity index (χ1) is 21.2. The Labute approximate surface area is 261 Å². The summed E-state index contributed by atoms with van der Waals surface area (Å²) in [5.74, 6) is -3.72. The Morgan fingerprint density at radius 3 is 2.56 bits per heavy atom. The number of Topliss-reactive ketones (excluding diaryl/α,β-unsaturated/α-hetero) is 1. The van der Waals surface area contributed by atoms with Crippen LogP contribution in [0.1, 0.15) is 85.5 Å². The van der Waals surface area contributed by atoms with Gasteiger partial charge in [0.15, 0.2) is 23.7 Å². The summed E-state index contributed by atoms with van der Waals surface area (Å²) in [4.78, 5) is 66.7. The molecule has 8 atom stereocenters. The zero-order valence-electron chi connectivity index (χ0n) is 26.4. The van der Waals surface area contributed by atoms with Crippen molar-refractivity contribution in [1.82, 2.24) is 0 Å². The van der Waals surface area contributed by atoms with Crippen molar-refractivity contribution >= 4 is 23.7 Å². The second-order valence-corrected chi connectivity index (χ2v) is 13.3. The molecule has 0 aromatic rings. The van der Waals surface area contributed by atoms with Crippen LogP contribution < -0.4 is 0 Å². The van der Waals surface area contributed by atoms with Gasteiger partial charge in [-0.2, -0.15) is 0 Å². The van der Waals surface area contributed by atoms with Crippen molar-refractivity contribution in [1.29, 1.82) is 0 Å². The van der Waals surface area contributed by atoms with Crippen LogP contribution in [-0.4, -0.2) is 71.1 Å². The van der Waals surface area contributed by atoms with E-state index in [1.54, 1.807) is 20.8 Å². The van der Waals surface area contributed by atoms with Gasteiger partial charge in [-0.25, -0.2) is 9.18 Å². The Kier molecular flexibility index (Phi) is 10.1. The van der Waals surface area contributed by atoms with Gasteiger partial charge in [0.1, 0.15) is 0 Å². The molecule has 250 valence electrons. The van der Waals surface area contributed by atoms with Gasteiger partial charge < -0.3 is 24.2 Å². The second-order valence-electron chi connectivity index (χ2n) is 13.3. The highest BCUT2D eigenvalue weighted by molar-refractivity contribution is 6.01. The number of aliphatic hydroxyl groups excluding tert-OH is 1. The van der Waals surface area contributed by atoms with Crippen LogP contribution in [0.25, 0.3) is 0 Å². The van der Waals surface area contributed by atoms with E-state index in [9.17, 15) is 34.4 Å². The molecule has 3 fully saturated rings. The maximum absolute atomic E-state index is 17.6. The lowest BCUT2D eigenvalue weighted by atomic mass is 9.44. The van der Waals surface area contributed by atoms with Crippen molar-refractivity contribution in [2.75, 3.05) is 19.8 Å². The molecule has 0 aliphatic heterocycles. The van der Waals surface area contributed by atoms with Gasteiger partial charge in [0.2, 0.25) is 5.78 Å². The molecule has 0 aromatic carbocycles. The number of allylic oxidation sites excluding steroid dienone is 4. The van der Waals surface area contributed by atoms with E-state index in [1.165, 1.54) is 18.2 Å². The monoisotopic (exact) mass is 637 g/mol. The average Bonchev–Trinajstić information content (AvgIpc) is 3.19. The molecule has 4 aliphatic rings. The fraction of sp³-hybridized carbons (Fsp3) is 0.750. The highest BCUT2D eigenvalue weighted by atomic mass is 19.1. The van der Waals surface area contributed by atoms with Crippen molar-refractivity contribution in [3.63, 3.8) is 0 Å². The first-order valence-electron chi connectivity index (χ1n) is 15.8. The van der Waals surface area contributed by atoms with Crippen molar-refractivity contribution in [2.24, 2.45) is 28.6 Å². The van der Waals surface area contributed by atoms with Gasteiger partial charge in [-0.1, -0.05) is 45.3 Å². The standard InChI is InChI=1S/C32H44FNO11/c1-5-6-7-14-42-28(39)43-19-26(37)32(45-27(38)9-8-15-44-34(40)41)20(2)16-24-23-11-10-21-17-22(35)12-13-29(21,3)31(23,33)25(36)18-30(24,32)4/h12-13,17,20,23-25,36H,5-11,14-16,18-19H2,1-4H3/t20-,23?,24?,25-,29-,30-,31-,32-/m0/s1. The molecule has 3 saturated carbocycles. The van der Waals surface area contributed by atoms with Crippen molar-refractivity contribution in [2.45, 2.75) is 103 Å². The summed E-state index contributed by atoms with van der Waals surface area (Å²) in [6, 6.07) is 0. The summed E-state index contributed by atoms with van der Waals surface area (Å²) < 4.78 is 33.9. The number of hydrogen-bond donors (Lipinski definition) is 1. The lowest BCUT2D eigenvalue weighted by molar-refractivity contribution is -0.757. The number of carbonyl (C=O) groups is 4. The molecular formula is C32H44FNO11. The molecule has 13 heteroatoms. The molecule has 45 heavy (non-hydrogen) atoms. The summed E-state index contributed by atoms with van der Waals surface area (Å²) in [5, 5.41) is 21.3.